The second kappa shape index (κ2) is 6.26. The van der Waals surface area contributed by atoms with Crippen molar-refractivity contribution in [1.82, 2.24) is 3.97 Å². The zero-order chi connectivity index (χ0) is 15.5. The van der Waals surface area contributed by atoms with Crippen molar-refractivity contribution in [2.45, 2.75) is 38.0 Å². The zero-order valence-electron chi connectivity index (χ0n) is 12.2. The van der Waals surface area contributed by atoms with E-state index in [0.29, 0.717) is 6.42 Å². The van der Waals surface area contributed by atoms with E-state index in [0.717, 1.165) is 22.4 Å². The van der Waals surface area contributed by atoms with Crippen LogP contribution in [0.1, 0.15) is 42.2 Å². The Hall–Kier alpha value is -1.88. The molecule has 0 aliphatic rings. The quantitative estimate of drug-likeness (QED) is 0.769. The van der Waals surface area contributed by atoms with Crippen molar-refractivity contribution in [3.05, 3.63) is 53.9 Å². The van der Waals surface area contributed by atoms with Gasteiger partial charge in [-0.05, 0) is 37.6 Å². The average Bonchev–Trinajstić information content (AvgIpc) is 2.95. The Morgan fingerprint density at radius 2 is 1.81 bits per heavy atom. The molecular weight excluding hydrogens is 286 g/mol. The van der Waals surface area contributed by atoms with Crippen LogP contribution in [0.15, 0.2) is 47.5 Å². The maximum atomic E-state index is 12.6. The molecule has 0 fully saturated rings. The summed E-state index contributed by atoms with van der Waals surface area (Å²) in [5.41, 5.74) is 1.21. The third kappa shape index (κ3) is 3.24. The molecule has 0 aliphatic heterocycles. The molecule has 0 atom stereocenters. The number of carbonyl (C=O) groups is 1. The van der Waals surface area contributed by atoms with Crippen LogP contribution in [0, 0.1) is 6.92 Å². The van der Waals surface area contributed by atoms with Gasteiger partial charge >= 0.3 is 0 Å². The number of hydrogen-bond acceptors (Lipinski definition) is 3. The number of aromatic nitrogens is 1. The van der Waals surface area contributed by atoms with E-state index >= 15 is 0 Å². The predicted molar refractivity (Wildman–Crippen MR) is 82.1 cm³/mol. The van der Waals surface area contributed by atoms with Crippen LogP contribution in [0.3, 0.4) is 0 Å². The van der Waals surface area contributed by atoms with E-state index in [9.17, 15) is 13.2 Å². The summed E-state index contributed by atoms with van der Waals surface area (Å²) in [5, 5.41) is 0. The number of rotatable bonds is 6. The molecule has 0 radical (unpaired) electrons. The van der Waals surface area contributed by atoms with Crippen LogP contribution >= 0.6 is 0 Å². The highest BCUT2D eigenvalue weighted by molar-refractivity contribution is 7.90. The van der Waals surface area contributed by atoms with E-state index in [1.165, 1.54) is 6.20 Å². The number of aryl methyl sites for hydroxylation is 1. The number of nitrogens with zero attached hydrogens (tertiary/aromatic N) is 1. The van der Waals surface area contributed by atoms with Gasteiger partial charge in [0, 0.05) is 12.6 Å². The van der Waals surface area contributed by atoms with Gasteiger partial charge in [-0.3, -0.25) is 4.79 Å². The Balaban J connectivity index is 2.40. The number of hydrogen-bond donors (Lipinski definition) is 0. The minimum absolute atomic E-state index is 0.141. The molecule has 4 nitrogen and oxygen atoms in total. The van der Waals surface area contributed by atoms with E-state index in [2.05, 4.69) is 0 Å². The van der Waals surface area contributed by atoms with Crippen molar-refractivity contribution in [2.24, 2.45) is 0 Å². The Morgan fingerprint density at radius 1 is 1.14 bits per heavy atom. The van der Waals surface area contributed by atoms with Crippen LogP contribution in [0.25, 0.3) is 0 Å². The summed E-state index contributed by atoms with van der Waals surface area (Å²) in [5.74, 6) is -0.141. The maximum Gasteiger partial charge on any atom is 0.268 e. The van der Waals surface area contributed by atoms with Crippen molar-refractivity contribution in [2.75, 3.05) is 0 Å². The van der Waals surface area contributed by atoms with E-state index in [1.807, 2.05) is 13.8 Å². The van der Waals surface area contributed by atoms with E-state index in [1.54, 1.807) is 36.4 Å². The largest absolute Gasteiger partial charge is 0.292 e. The molecule has 0 spiro atoms. The SMILES string of the molecule is CCCCC(=O)c1cccn1S(=O)(=O)c1ccc(C)cc1. The standard InChI is InChI=1S/C16H19NO3S/c1-3-4-7-16(18)15-6-5-12-17(15)21(19,20)14-10-8-13(2)9-11-14/h5-6,8-12H,3-4,7H2,1-2H3. The van der Waals surface area contributed by atoms with Gasteiger partial charge in [-0.2, -0.15) is 0 Å². The van der Waals surface area contributed by atoms with Gasteiger partial charge in [-0.15, -0.1) is 0 Å². The molecular formula is C16H19NO3S. The smallest absolute Gasteiger partial charge is 0.268 e. The van der Waals surface area contributed by atoms with Gasteiger partial charge in [0.15, 0.2) is 5.78 Å². The Kier molecular flexibility index (Phi) is 4.63. The van der Waals surface area contributed by atoms with Gasteiger partial charge in [-0.25, -0.2) is 12.4 Å². The Morgan fingerprint density at radius 3 is 2.43 bits per heavy atom. The number of Topliss-reactive ketones (excluding diaryl/α,β-unsaturated/α-hetero) is 1. The number of unbranched alkanes of at least 4 members (excludes halogenated alkanes) is 1. The van der Waals surface area contributed by atoms with E-state index in [4.69, 9.17) is 0 Å². The summed E-state index contributed by atoms with van der Waals surface area (Å²) >= 11 is 0. The van der Waals surface area contributed by atoms with Crippen molar-refractivity contribution in [1.29, 1.82) is 0 Å². The minimum Gasteiger partial charge on any atom is -0.292 e. The third-order valence-electron chi connectivity index (χ3n) is 3.33. The fourth-order valence-corrected chi connectivity index (χ4v) is 3.44. The molecule has 0 amide bonds. The maximum absolute atomic E-state index is 12.6. The van der Waals surface area contributed by atoms with Crippen LogP contribution in [-0.4, -0.2) is 18.2 Å². The van der Waals surface area contributed by atoms with E-state index < -0.39 is 10.0 Å². The molecule has 5 heteroatoms. The molecule has 1 heterocycles. The molecule has 0 saturated heterocycles. The monoisotopic (exact) mass is 305 g/mol. The second-order valence-electron chi connectivity index (χ2n) is 5.03. The summed E-state index contributed by atoms with van der Waals surface area (Å²) in [7, 11) is -3.72. The summed E-state index contributed by atoms with van der Waals surface area (Å²) < 4.78 is 26.3. The molecule has 1 aromatic carbocycles. The molecule has 2 aromatic rings. The molecule has 0 N–H and O–H groups in total. The van der Waals surface area contributed by atoms with Crippen LogP contribution in [0.2, 0.25) is 0 Å². The highest BCUT2D eigenvalue weighted by Gasteiger charge is 2.22. The normalized spacial score (nSPS) is 11.5. The highest BCUT2D eigenvalue weighted by Crippen LogP contribution is 2.18. The highest BCUT2D eigenvalue weighted by atomic mass is 32.2. The first-order chi connectivity index (χ1) is 9.96. The van der Waals surface area contributed by atoms with Gasteiger partial charge in [0.05, 0.1) is 10.6 Å². The molecule has 0 aliphatic carbocycles. The summed E-state index contributed by atoms with van der Waals surface area (Å²) in [4.78, 5) is 12.3. The summed E-state index contributed by atoms with van der Waals surface area (Å²) in [6, 6.07) is 9.76. The van der Waals surface area contributed by atoms with Crippen molar-refractivity contribution in [3.8, 4) is 0 Å². The summed E-state index contributed by atoms with van der Waals surface area (Å²) in [6.45, 7) is 3.89. The Bertz CT molecular complexity index is 727. The van der Waals surface area contributed by atoms with Gasteiger partial charge in [0.1, 0.15) is 0 Å². The lowest BCUT2D eigenvalue weighted by Gasteiger charge is -2.10. The zero-order valence-corrected chi connectivity index (χ0v) is 13.1. The number of carbonyl (C=O) groups excluding carboxylic acids is 1. The molecule has 0 bridgehead atoms. The Labute approximate surface area is 125 Å². The van der Waals surface area contributed by atoms with Crippen LogP contribution in [-0.2, 0) is 10.0 Å². The van der Waals surface area contributed by atoms with Gasteiger partial charge in [0.25, 0.3) is 10.0 Å². The minimum atomic E-state index is -3.72. The average molecular weight is 305 g/mol. The van der Waals surface area contributed by atoms with Gasteiger partial charge in [0.2, 0.25) is 0 Å². The summed E-state index contributed by atoms with van der Waals surface area (Å²) in [6.07, 6.45) is 3.45. The molecule has 0 saturated carbocycles. The molecule has 21 heavy (non-hydrogen) atoms. The first-order valence-electron chi connectivity index (χ1n) is 6.99. The first-order valence-corrected chi connectivity index (χ1v) is 8.43. The lowest BCUT2D eigenvalue weighted by molar-refractivity contribution is 0.0974. The third-order valence-corrected chi connectivity index (χ3v) is 5.04. The topological polar surface area (TPSA) is 56.1 Å². The van der Waals surface area contributed by atoms with Crippen molar-refractivity contribution < 1.29 is 13.2 Å². The van der Waals surface area contributed by atoms with Crippen molar-refractivity contribution in [3.63, 3.8) is 0 Å². The fourth-order valence-electron chi connectivity index (χ4n) is 2.08. The van der Waals surface area contributed by atoms with Gasteiger partial charge in [-0.1, -0.05) is 31.0 Å². The predicted octanol–water partition coefficient (Wildman–Crippen LogP) is 3.41. The van der Waals surface area contributed by atoms with Crippen molar-refractivity contribution >= 4 is 15.8 Å². The first kappa shape index (κ1) is 15.5. The van der Waals surface area contributed by atoms with Gasteiger partial charge < -0.3 is 0 Å². The number of ketones is 1. The van der Waals surface area contributed by atoms with Crippen LogP contribution < -0.4 is 0 Å². The second-order valence-corrected chi connectivity index (χ2v) is 6.85. The van der Waals surface area contributed by atoms with Crippen LogP contribution in [0.5, 0.6) is 0 Å². The molecule has 1 aromatic heterocycles. The fraction of sp³-hybridized carbons (Fsp3) is 0.312. The van der Waals surface area contributed by atoms with Crippen LogP contribution in [0.4, 0.5) is 0 Å². The van der Waals surface area contributed by atoms with E-state index in [-0.39, 0.29) is 16.4 Å². The lowest BCUT2D eigenvalue weighted by atomic mass is 10.1. The lowest BCUT2D eigenvalue weighted by Crippen LogP contribution is -2.17. The number of benzene rings is 1. The molecule has 2 rings (SSSR count). The molecule has 112 valence electrons. The molecule has 0 unspecified atom stereocenters.